The van der Waals surface area contributed by atoms with Crippen molar-refractivity contribution in [2.45, 2.75) is 19.4 Å². The first-order chi connectivity index (χ1) is 12.7. The van der Waals surface area contributed by atoms with Gasteiger partial charge in [-0.25, -0.2) is 9.50 Å². The summed E-state index contributed by atoms with van der Waals surface area (Å²) in [6.07, 6.45) is 4.50. The van der Waals surface area contributed by atoms with Crippen LogP contribution in [0.2, 0.25) is 0 Å². The highest BCUT2D eigenvalue weighted by atomic mass is 16.2. The van der Waals surface area contributed by atoms with Crippen LogP contribution in [0.25, 0.3) is 16.6 Å². The second kappa shape index (κ2) is 5.59. The molecule has 0 saturated carbocycles. The molecule has 0 atom stereocenters. The minimum Gasteiger partial charge on any atom is -0.361 e. The zero-order chi connectivity index (χ0) is 17.7. The number of para-hydroxylation sites is 1. The number of aromatic amines is 2. The summed E-state index contributed by atoms with van der Waals surface area (Å²) < 4.78 is 1.42. The fourth-order valence-corrected chi connectivity index (χ4v) is 3.68. The van der Waals surface area contributed by atoms with E-state index < -0.39 is 0 Å². The molecule has 5 rings (SSSR count). The molecule has 0 fully saturated rings. The Hall–Kier alpha value is -3.35. The molecule has 1 aliphatic heterocycles. The lowest BCUT2D eigenvalue weighted by Gasteiger charge is -2.27. The number of aromatic nitrogens is 4. The Morgan fingerprint density at radius 2 is 2.12 bits per heavy atom. The third-order valence-corrected chi connectivity index (χ3v) is 5.06. The van der Waals surface area contributed by atoms with Gasteiger partial charge in [0.15, 0.2) is 5.65 Å². The minimum atomic E-state index is -0.125. The molecular weight excluding hydrogens is 330 g/mol. The number of rotatable bonds is 2. The highest BCUT2D eigenvalue weighted by Gasteiger charge is 2.25. The Morgan fingerprint density at radius 1 is 1.23 bits per heavy atom. The third kappa shape index (κ3) is 2.24. The van der Waals surface area contributed by atoms with E-state index in [1.54, 1.807) is 17.2 Å². The molecular formula is C19H17N5O2. The molecule has 0 aliphatic carbocycles. The number of nitrogens with one attached hydrogen (secondary N) is 2. The Bertz CT molecular complexity index is 1200. The van der Waals surface area contributed by atoms with Crippen LogP contribution in [-0.2, 0) is 24.2 Å². The Kier molecular flexibility index (Phi) is 3.21. The lowest BCUT2D eigenvalue weighted by Crippen LogP contribution is -2.40. The van der Waals surface area contributed by atoms with Crippen LogP contribution in [0.1, 0.15) is 16.8 Å². The Morgan fingerprint density at radius 3 is 3.04 bits per heavy atom. The van der Waals surface area contributed by atoms with Gasteiger partial charge in [0.05, 0.1) is 24.2 Å². The highest BCUT2D eigenvalue weighted by molar-refractivity contribution is 5.89. The van der Waals surface area contributed by atoms with Crippen molar-refractivity contribution in [2.75, 3.05) is 6.54 Å². The van der Waals surface area contributed by atoms with E-state index in [0.717, 1.165) is 22.2 Å². The maximum absolute atomic E-state index is 12.8. The smallest absolute Gasteiger partial charge is 0.277 e. The van der Waals surface area contributed by atoms with Crippen molar-refractivity contribution in [1.82, 2.24) is 24.5 Å². The molecule has 0 saturated heterocycles. The fourth-order valence-electron chi connectivity index (χ4n) is 3.68. The fraction of sp³-hybridized carbons (Fsp3) is 0.211. The molecule has 4 heterocycles. The molecule has 0 bridgehead atoms. The summed E-state index contributed by atoms with van der Waals surface area (Å²) >= 11 is 0. The second-order valence-corrected chi connectivity index (χ2v) is 6.60. The van der Waals surface area contributed by atoms with Crippen molar-refractivity contribution in [3.05, 3.63) is 69.9 Å². The van der Waals surface area contributed by atoms with Crippen LogP contribution >= 0.6 is 0 Å². The van der Waals surface area contributed by atoms with E-state index in [0.29, 0.717) is 37.1 Å². The molecule has 1 aliphatic rings. The van der Waals surface area contributed by atoms with E-state index in [1.807, 2.05) is 30.5 Å². The molecule has 1 amide bonds. The summed E-state index contributed by atoms with van der Waals surface area (Å²) in [5.74, 6) is 0.0244. The number of amides is 1. The number of hydrogen-bond acceptors (Lipinski definition) is 3. The van der Waals surface area contributed by atoms with Crippen molar-refractivity contribution in [2.24, 2.45) is 0 Å². The molecule has 1 aromatic carbocycles. The van der Waals surface area contributed by atoms with Gasteiger partial charge in [0.1, 0.15) is 0 Å². The van der Waals surface area contributed by atoms with E-state index >= 15 is 0 Å². The predicted octanol–water partition coefficient (Wildman–Crippen LogP) is 1.63. The maximum Gasteiger partial charge on any atom is 0.277 e. The first kappa shape index (κ1) is 14.9. The van der Waals surface area contributed by atoms with Crippen LogP contribution in [0, 0.1) is 0 Å². The summed E-state index contributed by atoms with van der Waals surface area (Å²) in [6, 6.07) is 9.71. The number of nitrogens with zero attached hydrogens (tertiary/aromatic N) is 3. The van der Waals surface area contributed by atoms with Gasteiger partial charge < -0.3 is 9.88 Å². The van der Waals surface area contributed by atoms with Gasteiger partial charge >= 0.3 is 0 Å². The lowest BCUT2D eigenvalue weighted by molar-refractivity contribution is -0.131. The van der Waals surface area contributed by atoms with Crippen molar-refractivity contribution in [3.8, 4) is 0 Å². The van der Waals surface area contributed by atoms with Gasteiger partial charge in [-0.2, -0.15) is 0 Å². The van der Waals surface area contributed by atoms with Crippen LogP contribution in [0.5, 0.6) is 0 Å². The number of hydrogen-bond donors (Lipinski definition) is 2. The van der Waals surface area contributed by atoms with Gasteiger partial charge in [0.25, 0.3) is 5.56 Å². The molecule has 26 heavy (non-hydrogen) atoms. The van der Waals surface area contributed by atoms with Crippen LogP contribution in [0.4, 0.5) is 0 Å². The monoisotopic (exact) mass is 347 g/mol. The molecule has 0 spiro atoms. The zero-order valence-electron chi connectivity index (χ0n) is 14.0. The second-order valence-electron chi connectivity index (χ2n) is 6.60. The van der Waals surface area contributed by atoms with E-state index in [-0.39, 0.29) is 11.5 Å². The number of carbonyl (C=O) groups is 1. The Balaban J connectivity index is 1.43. The highest BCUT2D eigenvalue weighted by Crippen LogP contribution is 2.20. The van der Waals surface area contributed by atoms with Gasteiger partial charge in [-0.05, 0) is 11.6 Å². The van der Waals surface area contributed by atoms with Crippen molar-refractivity contribution in [3.63, 3.8) is 0 Å². The predicted molar refractivity (Wildman–Crippen MR) is 96.9 cm³/mol. The quantitative estimate of drug-likeness (QED) is 0.578. The van der Waals surface area contributed by atoms with Gasteiger partial charge in [-0.3, -0.25) is 14.7 Å². The van der Waals surface area contributed by atoms with Crippen LogP contribution < -0.4 is 5.56 Å². The van der Waals surface area contributed by atoms with Crippen LogP contribution in [0.15, 0.2) is 47.5 Å². The van der Waals surface area contributed by atoms with Crippen molar-refractivity contribution >= 4 is 22.5 Å². The number of benzene rings is 1. The molecule has 7 nitrogen and oxygen atoms in total. The molecule has 7 heteroatoms. The van der Waals surface area contributed by atoms with E-state index in [2.05, 4.69) is 15.1 Å². The van der Waals surface area contributed by atoms with Gasteiger partial charge in [-0.15, -0.1) is 0 Å². The summed E-state index contributed by atoms with van der Waals surface area (Å²) in [5.41, 5.74) is 3.89. The molecule has 4 aromatic rings. The molecule has 0 radical (unpaired) electrons. The standard InChI is InChI=1S/C19H17N5O2/c25-18(9-12-10-20-15-4-2-1-3-13(12)15)23-8-6-16-14(11-23)19(26)24-17(22-16)5-7-21-24/h1-5,7,10,20-21H,6,8-9,11H2. The zero-order valence-corrected chi connectivity index (χ0v) is 14.0. The molecule has 3 aromatic heterocycles. The van der Waals surface area contributed by atoms with Crippen LogP contribution in [0.3, 0.4) is 0 Å². The molecule has 2 N–H and O–H groups in total. The molecule has 130 valence electrons. The summed E-state index contributed by atoms with van der Waals surface area (Å²) in [5, 5.41) is 3.94. The summed E-state index contributed by atoms with van der Waals surface area (Å²) in [7, 11) is 0. The SMILES string of the molecule is O=C(Cc1c[nH]c2ccccc12)N1CCc2nc3cc[nH]n3c(=O)c2C1. The van der Waals surface area contributed by atoms with E-state index in [4.69, 9.17) is 0 Å². The summed E-state index contributed by atoms with van der Waals surface area (Å²) in [4.78, 5) is 35.0. The van der Waals surface area contributed by atoms with Crippen LogP contribution in [-0.4, -0.2) is 36.9 Å². The average molecular weight is 347 g/mol. The van der Waals surface area contributed by atoms with E-state index in [1.165, 1.54) is 4.52 Å². The maximum atomic E-state index is 12.8. The average Bonchev–Trinajstić information content (AvgIpc) is 3.29. The number of fused-ring (bicyclic) bond motifs is 3. The van der Waals surface area contributed by atoms with Gasteiger partial charge in [0, 0.05) is 42.3 Å². The van der Waals surface area contributed by atoms with Crippen molar-refractivity contribution in [1.29, 1.82) is 0 Å². The van der Waals surface area contributed by atoms with Gasteiger partial charge in [0.2, 0.25) is 5.91 Å². The Labute approximate surface area is 148 Å². The summed E-state index contributed by atoms with van der Waals surface area (Å²) in [6.45, 7) is 0.894. The topological polar surface area (TPSA) is 86.3 Å². The minimum absolute atomic E-state index is 0.0244. The first-order valence-corrected chi connectivity index (χ1v) is 8.61. The normalized spacial score (nSPS) is 14.1. The number of carbonyl (C=O) groups excluding carboxylic acids is 1. The van der Waals surface area contributed by atoms with Gasteiger partial charge in [-0.1, -0.05) is 18.2 Å². The van der Waals surface area contributed by atoms with Crippen molar-refractivity contribution < 1.29 is 4.79 Å². The number of H-pyrrole nitrogens is 2. The van der Waals surface area contributed by atoms with E-state index in [9.17, 15) is 9.59 Å². The lowest BCUT2D eigenvalue weighted by atomic mass is 10.0. The largest absolute Gasteiger partial charge is 0.361 e. The third-order valence-electron chi connectivity index (χ3n) is 5.06. The molecule has 0 unspecified atom stereocenters. The first-order valence-electron chi connectivity index (χ1n) is 8.61.